The summed E-state index contributed by atoms with van der Waals surface area (Å²) in [6, 6.07) is 7.31. The first-order chi connectivity index (χ1) is 11.0. The van der Waals surface area contributed by atoms with Gasteiger partial charge in [0.2, 0.25) is 0 Å². The predicted octanol–water partition coefficient (Wildman–Crippen LogP) is 2.61. The van der Waals surface area contributed by atoms with E-state index in [0.717, 1.165) is 12.1 Å². The number of aromatic carboxylic acids is 1. The highest BCUT2D eigenvalue weighted by molar-refractivity contribution is 5.90. The van der Waals surface area contributed by atoms with E-state index in [9.17, 15) is 18.7 Å². The van der Waals surface area contributed by atoms with Gasteiger partial charge < -0.3 is 5.11 Å². The zero-order chi connectivity index (χ0) is 16.6. The van der Waals surface area contributed by atoms with Gasteiger partial charge in [-0.15, -0.1) is 5.10 Å². The lowest BCUT2D eigenvalue weighted by molar-refractivity contribution is 0.0697. The molecular formula is C15H10F2N4O2. The standard InChI is InChI=1S/C15H10F2N4O2/c1-8-18-19-20-21(8)12-5-9(4-10(6-12)15(22)23)13-3-2-11(16)7-14(13)17/h2-7H,1H3,(H,22,23). The van der Waals surface area contributed by atoms with Gasteiger partial charge in [0.15, 0.2) is 5.82 Å². The normalized spacial score (nSPS) is 10.7. The molecule has 0 atom stereocenters. The summed E-state index contributed by atoms with van der Waals surface area (Å²) >= 11 is 0. The highest BCUT2D eigenvalue weighted by atomic mass is 19.1. The third-order valence-corrected chi connectivity index (χ3v) is 3.28. The van der Waals surface area contributed by atoms with Crippen LogP contribution in [0, 0.1) is 18.6 Å². The van der Waals surface area contributed by atoms with E-state index in [1.165, 1.54) is 28.9 Å². The number of hydrogen-bond acceptors (Lipinski definition) is 4. The van der Waals surface area contributed by atoms with Gasteiger partial charge in [0.1, 0.15) is 11.6 Å². The largest absolute Gasteiger partial charge is 0.478 e. The minimum atomic E-state index is -1.18. The molecular weight excluding hydrogens is 306 g/mol. The van der Waals surface area contributed by atoms with Crippen LogP contribution in [-0.2, 0) is 0 Å². The summed E-state index contributed by atoms with van der Waals surface area (Å²) in [6.45, 7) is 1.64. The first-order valence-corrected chi connectivity index (χ1v) is 6.55. The number of aromatic nitrogens is 4. The lowest BCUT2D eigenvalue weighted by Crippen LogP contribution is -2.04. The van der Waals surface area contributed by atoms with Crippen LogP contribution < -0.4 is 0 Å². The molecule has 2 aromatic carbocycles. The molecule has 8 heteroatoms. The monoisotopic (exact) mass is 316 g/mol. The van der Waals surface area contributed by atoms with E-state index in [0.29, 0.717) is 11.5 Å². The third-order valence-electron chi connectivity index (χ3n) is 3.28. The Labute approximate surface area is 129 Å². The highest BCUT2D eigenvalue weighted by Crippen LogP contribution is 2.27. The van der Waals surface area contributed by atoms with Crippen molar-refractivity contribution in [1.82, 2.24) is 20.2 Å². The summed E-state index contributed by atoms with van der Waals surface area (Å²) in [5, 5.41) is 20.2. The quantitative estimate of drug-likeness (QED) is 0.803. The van der Waals surface area contributed by atoms with E-state index in [-0.39, 0.29) is 16.7 Å². The number of hydrogen-bond donors (Lipinski definition) is 1. The Morgan fingerprint density at radius 3 is 2.57 bits per heavy atom. The molecule has 0 radical (unpaired) electrons. The van der Waals surface area contributed by atoms with E-state index < -0.39 is 17.6 Å². The van der Waals surface area contributed by atoms with Crippen LogP contribution in [0.1, 0.15) is 16.2 Å². The average Bonchev–Trinajstić information content (AvgIpc) is 2.93. The Morgan fingerprint density at radius 1 is 1.17 bits per heavy atom. The van der Waals surface area contributed by atoms with Crippen LogP contribution in [0.2, 0.25) is 0 Å². The summed E-state index contributed by atoms with van der Waals surface area (Å²) in [7, 11) is 0. The van der Waals surface area contributed by atoms with Gasteiger partial charge in [-0.2, -0.15) is 4.68 Å². The minimum Gasteiger partial charge on any atom is -0.478 e. The zero-order valence-electron chi connectivity index (χ0n) is 11.9. The smallest absolute Gasteiger partial charge is 0.335 e. The third kappa shape index (κ3) is 2.78. The van der Waals surface area contributed by atoms with Gasteiger partial charge in [0, 0.05) is 11.6 Å². The number of aryl methyl sites for hydroxylation is 1. The molecule has 0 aliphatic rings. The molecule has 0 bridgehead atoms. The molecule has 0 saturated carbocycles. The molecule has 0 spiro atoms. The predicted molar refractivity (Wildman–Crippen MR) is 76.2 cm³/mol. The Kier molecular flexibility index (Phi) is 3.57. The molecule has 0 fully saturated rings. The number of carboxylic acid groups (broad SMARTS) is 1. The summed E-state index contributed by atoms with van der Waals surface area (Å²) < 4.78 is 28.4. The van der Waals surface area contributed by atoms with Crippen LogP contribution in [0.5, 0.6) is 0 Å². The second kappa shape index (κ2) is 5.56. The van der Waals surface area contributed by atoms with Gasteiger partial charge in [-0.25, -0.2) is 13.6 Å². The van der Waals surface area contributed by atoms with Gasteiger partial charge >= 0.3 is 5.97 Å². The Balaban J connectivity index is 2.23. The first kappa shape index (κ1) is 14.8. The fraction of sp³-hybridized carbons (Fsp3) is 0.0667. The summed E-state index contributed by atoms with van der Waals surface area (Å²) in [5.41, 5.74) is 0.677. The van der Waals surface area contributed by atoms with Gasteiger partial charge in [-0.05, 0) is 53.2 Å². The fourth-order valence-electron chi connectivity index (χ4n) is 2.21. The molecule has 1 N–H and O–H groups in total. The van der Waals surface area contributed by atoms with E-state index in [1.54, 1.807) is 6.92 Å². The molecule has 0 saturated heterocycles. The molecule has 6 nitrogen and oxygen atoms in total. The van der Waals surface area contributed by atoms with Gasteiger partial charge in [0.25, 0.3) is 0 Å². The SMILES string of the molecule is Cc1nnnn1-c1cc(C(=O)O)cc(-c2ccc(F)cc2F)c1. The van der Waals surface area contributed by atoms with Crippen molar-refractivity contribution in [3.05, 3.63) is 59.4 Å². The Morgan fingerprint density at radius 2 is 1.96 bits per heavy atom. The molecule has 3 rings (SSSR count). The Bertz CT molecular complexity index is 908. The lowest BCUT2D eigenvalue weighted by atomic mass is 10.0. The molecule has 23 heavy (non-hydrogen) atoms. The zero-order valence-corrected chi connectivity index (χ0v) is 11.9. The van der Waals surface area contributed by atoms with E-state index in [4.69, 9.17) is 0 Å². The molecule has 3 aromatic rings. The maximum atomic E-state index is 14.0. The molecule has 0 unspecified atom stereocenters. The van der Waals surface area contributed by atoms with Crippen LogP contribution in [0.15, 0.2) is 36.4 Å². The second-order valence-electron chi connectivity index (χ2n) is 4.84. The van der Waals surface area contributed by atoms with Crippen LogP contribution >= 0.6 is 0 Å². The van der Waals surface area contributed by atoms with E-state index >= 15 is 0 Å². The van der Waals surface area contributed by atoms with Crippen LogP contribution in [0.4, 0.5) is 8.78 Å². The summed E-state index contributed by atoms with van der Waals surface area (Å²) in [4.78, 5) is 11.3. The maximum Gasteiger partial charge on any atom is 0.335 e. The van der Waals surface area contributed by atoms with E-state index in [1.807, 2.05) is 0 Å². The van der Waals surface area contributed by atoms with Crippen molar-refractivity contribution in [3.63, 3.8) is 0 Å². The van der Waals surface area contributed by atoms with Crippen molar-refractivity contribution < 1.29 is 18.7 Å². The molecule has 0 aliphatic heterocycles. The molecule has 1 heterocycles. The van der Waals surface area contributed by atoms with Crippen molar-refractivity contribution in [1.29, 1.82) is 0 Å². The molecule has 0 amide bonds. The average molecular weight is 316 g/mol. The number of carbonyl (C=O) groups is 1. The number of nitrogens with zero attached hydrogens (tertiary/aromatic N) is 4. The first-order valence-electron chi connectivity index (χ1n) is 6.55. The van der Waals surface area contributed by atoms with E-state index in [2.05, 4.69) is 15.5 Å². The molecule has 1 aromatic heterocycles. The highest BCUT2D eigenvalue weighted by Gasteiger charge is 2.14. The summed E-state index contributed by atoms with van der Waals surface area (Å²) in [6.07, 6.45) is 0. The fourth-order valence-corrected chi connectivity index (χ4v) is 2.21. The number of tetrazole rings is 1. The minimum absolute atomic E-state index is 0.0591. The molecule has 116 valence electrons. The topological polar surface area (TPSA) is 80.9 Å². The maximum absolute atomic E-state index is 14.0. The van der Waals surface area contributed by atoms with Crippen LogP contribution in [0.25, 0.3) is 16.8 Å². The van der Waals surface area contributed by atoms with Crippen molar-refractivity contribution in [3.8, 4) is 16.8 Å². The molecule has 0 aliphatic carbocycles. The van der Waals surface area contributed by atoms with Crippen LogP contribution in [0.3, 0.4) is 0 Å². The van der Waals surface area contributed by atoms with Gasteiger partial charge in [-0.3, -0.25) is 0 Å². The van der Waals surface area contributed by atoms with Gasteiger partial charge in [0.05, 0.1) is 11.3 Å². The number of carboxylic acids is 1. The number of benzene rings is 2. The summed E-state index contributed by atoms with van der Waals surface area (Å²) in [5.74, 6) is -2.23. The van der Waals surface area contributed by atoms with Crippen LogP contribution in [-0.4, -0.2) is 31.3 Å². The van der Waals surface area contributed by atoms with Crippen molar-refractivity contribution >= 4 is 5.97 Å². The van der Waals surface area contributed by atoms with Crippen molar-refractivity contribution in [2.45, 2.75) is 6.92 Å². The van der Waals surface area contributed by atoms with Crippen molar-refractivity contribution in [2.24, 2.45) is 0 Å². The Hall–Kier alpha value is -3.16. The number of rotatable bonds is 3. The number of halogens is 2. The lowest BCUT2D eigenvalue weighted by Gasteiger charge is -2.09. The van der Waals surface area contributed by atoms with Gasteiger partial charge in [-0.1, -0.05) is 0 Å². The van der Waals surface area contributed by atoms with Crippen molar-refractivity contribution in [2.75, 3.05) is 0 Å². The second-order valence-corrected chi connectivity index (χ2v) is 4.84.